The second kappa shape index (κ2) is 5.50. The van der Waals surface area contributed by atoms with E-state index in [1.807, 2.05) is 6.07 Å². The highest BCUT2D eigenvalue weighted by molar-refractivity contribution is 9.10. The zero-order valence-corrected chi connectivity index (χ0v) is 11.3. The van der Waals surface area contributed by atoms with Gasteiger partial charge in [-0.2, -0.15) is 5.26 Å². The zero-order valence-electron chi connectivity index (χ0n) is 9.72. The van der Waals surface area contributed by atoms with Crippen LogP contribution in [-0.2, 0) is 0 Å². The molecule has 0 aliphatic carbocycles. The van der Waals surface area contributed by atoms with Gasteiger partial charge in [0.2, 0.25) is 0 Å². The second-order valence-corrected chi connectivity index (χ2v) is 4.53. The van der Waals surface area contributed by atoms with E-state index < -0.39 is 0 Å². The number of benzene rings is 1. The molecule has 5 nitrogen and oxygen atoms in total. The van der Waals surface area contributed by atoms with E-state index >= 15 is 0 Å². The maximum absolute atomic E-state index is 12.0. The van der Waals surface area contributed by atoms with Gasteiger partial charge in [-0.05, 0) is 46.3 Å². The Hall–Kier alpha value is -2.39. The van der Waals surface area contributed by atoms with Crippen molar-refractivity contribution in [2.24, 2.45) is 0 Å². The molecule has 0 aliphatic heterocycles. The Morgan fingerprint density at radius 3 is 2.84 bits per heavy atom. The van der Waals surface area contributed by atoms with Crippen LogP contribution in [-0.4, -0.2) is 10.9 Å². The van der Waals surface area contributed by atoms with Gasteiger partial charge >= 0.3 is 0 Å². The Bertz CT molecular complexity index is 679. The predicted octanol–water partition coefficient (Wildman–Crippen LogP) is 2.55. The van der Waals surface area contributed by atoms with Crippen LogP contribution in [0, 0.1) is 11.3 Å². The van der Waals surface area contributed by atoms with Crippen LogP contribution in [0.4, 0.5) is 11.5 Å². The number of pyridine rings is 1. The molecule has 3 N–H and O–H groups in total. The van der Waals surface area contributed by atoms with Crippen LogP contribution in [0.3, 0.4) is 0 Å². The van der Waals surface area contributed by atoms with E-state index in [2.05, 4.69) is 26.2 Å². The number of nitrogen functional groups attached to an aromatic ring is 1. The monoisotopic (exact) mass is 316 g/mol. The summed E-state index contributed by atoms with van der Waals surface area (Å²) in [6.45, 7) is 0. The Kier molecular flexibility index (Phi) is 3.78. The molecule has 0 atom stereocenters. The largest absolute Gasteiger partial charge is 0.398 e. The molecule has 94 valence electrons. The van der Waals surface area contributed by atoms with Gasteiger partial charge in [0.25, 0.3) is 5.91 Å². The van der Waals surface area contributed by atoms with Crippen molar-refractivity contribution in [1.82, 2.24) is 4.98 Å². The van der Waals surface area contributed by atoms with E-state index in [9.17, 15) is 4.79 Å². The fourth-order valence-corrected chi connectivity index (χ4v) is 1.80. The second-order valence-electron chi connectivity index (χ2n) is 3.71. The highest BCUT2D eigenvalue weighted by Crippen LogP contribution is 2.15. The van der Waals surface area contributed by atoms with Crippen molar-refractivity contribution in [3.8, 4) is 6.07 Å². The van der Waals surface area contributed by atoms with Crippen molar-refractivity contribution in [1.29, 1.82) is 5.26 Å². The maximum atomic E-state index is 12.0. The number of amides is 1. The molecule has 1 aromatic heterocycles. The van der Waals surface area contributed by atoms with E-state index in [0.29, 0.717) is 21.7 Å². The van der Waals surface area contributed by atoms with Crippen LogP contribution in [0.2, 0.25) is 0 Å². The molecule has 0 saturated carbocycles. The average molecular weight is 317 g/mol. The summed E-state index contributed by atoms with van der Waals surface area (Å²) in [5, 5.41) is 11.5. The Morgan fingerprint density at radius 2 is 2.16 bits per heavy atom. The number of nitrogens with one attached hydrogen (secondary N) is 1. The summed E-state index contributed by atoms with van der Waals surface area (Å²) in [6, 6.07) is 11.7. The lowest BCUT2D eigenvalue weighted by Crippen LogP contribution is -2.13. The maximum Gasteiger partial charge on any atom is 0.256 e. The van der Waals surface area contributed by atoms with E-state index in [1.165, 1.54) is 12.1 Å². The van der Waals surface area contributed by atoms with E-state index in [-0.39, 0.29) is 11.5 Å². The van der Waals surface area contributed by atoms with Crippen LogP contribution in [0.15, 0.2) is 41.0 Å². The van der Waals surface area contributed by atoms with Crippen LogP contribution < -0.4 is 11.1 Å². The topological polar surface area (TPSA) is 91.8 Å². The number of carbonyl (C=O) groups excluding carboxylic acids is 1. The minimum absolute atomic E-state index is 0.273. The number of nitriles is 1. The molecular weight excluding hydrogens is 308 g/mol. The van der Waals surface area contributed by atoms with Gasteiger partial charge in [-0.1, -0.05) is 6.07 Å². The SMILES string of the molecule is N#Cc1cc(C(=O)Nc2cccc(Br)n2)ccc1N. The standard InChI is InChI=1S/C13H9BrN4O/c14-11-2-1-3-12(17-11)18-13(19)8-4-5-10(16)9(6-8)7-15/h1-6H,16H2,(H,17,18,19). The zero-order chi connectivity index (χ0) is 13.8. The van der Waals surface area contributed by atoms with Gasteiger partial charge in [0.1, 0.15) is 16.5 Å². The fraction of sp³-hybridized carbons (Fsp3) is 0. The minimum Gasteiger partial charge on any atom is -0.398 e. The molecular formula is C13H9BrN4O. The first kappa shape index (κ1) is 13.1. The minimum atomic E-state index is -0.345. The van der Waals surface area contributed by atoms with E-state index in [0.717, 1.165) is 0 Å². The normalized spacial score (nSPS) is 9.68. The number of rotatable bonds is 2. The van der Waals surface area contributed by atoms with Gasteiger partial charge in [-0.25, -0.2) is 4.98 Å². The van der Waals surface area contributed by atoms with Gasteiger partial charge < -0.3 is 11.1 Å². The molecule has 0 bridgehead atoms. The third kappa shape index (κ3) is 3.09. The van der Waals surface area contributed by atoms with Crippen molar-refractivity contribution >= 4 is 33.3 Å². The van der Waals surface area contributed by atoms with Crippen LogP contribution in [0.1, 0.15) is 15.9 Å². The van der Waals surface area contributed by atoms with Crippen molar-refractivity contribution in [2.75, 3.05) is 11.1 Å². The van der Waals surface area contributed by atoms with Crippen molar-refractivity contribution in [3.05, 3.63) is 52.1 Å². The molecule has 2 rings (SSSR count). The highest BCUT2D eigenvalue weighted by atomic mass is 79.9. The predicted molar refractivity (Wildman–Crippen MR) is 75.5 cm³/mol. The van der Waals surface area contributed by atoms with Gasteiger partial charge in [-0.3, -0.25) is 4.79 Å². The lowest BCUT2D eigenvalue weighted by molar-refractivity contribution is 0.102. The molecule has 0 spiro atoms. The molecule has 0 radical (unpaired) electrons. The smallest absolute Gasteiger partial charge is 0.256 e. The first-order valence-corrected chi connectivity index (χ1v) is 6.13. The number of anilines is 2. The van der Waals surface area contributed by atoms with Gasteiger partial charge in [0, 0.05) is 11.3 Å². The number of aromatic nitrogens is 1. The highest BCUT2D eigenvalue weighted by Gasteiger charge is 2.09. The summed E-state index contributed by atoms with van der Waals surface area (Å²) in [4.78, 5) is 16.1. The third-order valence-corrected chi connectivity index (χ3v) is 2.83. The molecule has 1 aromatic carbocycles. The first-order valence-electron chi connectivity index (χ1n) is 5.33. The molecule has 0 saturated heterocycles. The Morgan fingerprint density at radius 1 is 1.37 bits per heavy atom. The number of hydrogen-bond acceptors (Lipinski definition) is 4. The summed E-state index contributed by atoms with van der Waals surface area (Å²) in [5.41, 5.74) is 6.57. The molecule has 0 aliphatic rings. The number of nitrogens with two attached hydrogens (primary N) is 1. The summed E-state index contributed by atoms with van der Waals surface area (Å²) in [7, 11) is 0. The lowest BCUT2D eigenvalue weighted by Gasteiger charge is -2.06. The van der Waals surface area contributed by atoms with Gasteiger partial charge in [0.05, 0.1) is 5.56 Å². The first-order chi connectivity index (χ1) is 9.10. The average Bonchev–Trinajstić information content (AvgIpc) is 2.39. The molecule has 0 fully saturated rings. The molecule has 0 unspecified atom stereocenters. The van der Waals surface area contributed by atoms with E-state index in [1.54, 1.807) is 24.3 Å². The summed E-state index contributed by atoms with van der Waals surface area (Å²) < 4.78 is 0.625. The Balaban J connectivity index is 2.23. The lowest BCUT2D eigenvalue weighted by atomic mass is 10.1. The van der Waals surface area contributed by atoms with Crippen molar-refractivity contribution < 1.29 is 4.79 Å². The van der Waals surface area contributed by atoms with Gasteiger partial charge in [-0.15, -0.1) is 0 Å². The summed E-state index contributed by atoms with van der Waals surface area (Å²) in [5.74, 6) is 0.0804. The molecule has 1 heterocycles. The van der Waals surface area contributed by atoms with Crippen LogP contribution in [0.25, 0.3) is 0 Å². The summed E-state index contributed by atoms with van der Waals surface area (Å²) in [6.07, 6.45) is 0. The molecule has 1 amide bonds. The third-order valence-electron chi connectivity index (χ3n) is 2.39. The number of halogens is 1. The summed E-state index contributed by atoms with van der Waals surface area (Å²) >= 11 is 3.22. The number of carbonyl (C=O) groups is 1. The fourth-order valence-electron chi connectivity index (χ4n) is 1.46. The Labute approximate surface area is 118 Å². The van der Waals surface area contributed by atoms with Crippen LogP contribution in [0.5, 0.6) is 0 Å². The molecule has 19 heavy (non-hydrogen) atoms. The number of hydrogen-bond donors (Lipinski definition) is 2. The van der Waals surface area contributed by atoms with Crippen molar-refractivity contribution in [3.63, 3.8) is 0 Å². The number of nitrogens with zero attached hydrogens (tertiary/aromatic N) is 2. The molecule has 6 heteroatoms. The van der Waals surface area contributed by atoms with E-state index in [4.69, 9.17) is 11.0 Å². The van der Waals surface area contributed by atoms with Crippen molar-refractivity contribution in [2.45, 2.75) is 0 Å². The van der Waals surface area contributed by atoms with Gasteiger partial charge in [0.15, 0.2) is 0 Å². The van der Waals surface area contributed by atoms with Crippen LogP contribution >= 0.6 is 15.9 Å². The quantitative estimate of drug-likeness (QED) is 0.658. The molecule has 2 aromatic rings.